The third-order valence-electron chi connectivity index (χ3n) is 6.07. The van der Waals surface area contributed by atoms with E-state index < -0.39 is 0 Å². The fourth-order valence-electron chi connectivity index (χ4n) is 4.03. The number of nitrogens with one attached hydrogen (secondary N) is 1. The Balaban J connectivity index is 1.30. The summed E-state index contributed by atoms with van der Waals surface area (Å²) in [6.45, 7) is 7.57. The number of nitrogens with zero attached hydrogens (tertiary/aromatic N) is 2. The van der Waals surface area contributed by atoms with Crippen molar-refractivity contribution in [2.45, 2.75) is 13.8 Å². The van der Waals surface area contributed by atoms with Crippen LogP contribution in [0.15, 0.2) is 72.8 Å². The van der Waals surface area contributed by atoms with Gasteiger partial charge >= 0.3 is 0 Å². The summed E-state index contributed by atoms with van der Waals surface area (Å²) in [5.74, 6) is 1.70. The highest BCUT2D eigenvalue weighted by Gasteiger charge is 2.22. The predicted octanol–water partition coefficient (Wildman–Crippen LogP) is 4.94. The molecule has 36 heavy (non-hydrogen) atoms. The molecule has 0 atom stereocenters. The third kappa shape index (κ3) is 6.36. The molecule has 1 heterocycles. The zero-order chi connectivity index (χ0) is 25.5. The highest BCUT2D eigenvalue weighted by Crippen LogP contribution is 2.22. The lowest BCUT2D eigenvalue weighted by Crippen LogP contribution is -2.48. The molecule has 2 amide bonds. The van der Waals surface area contributed by atoms with Gasteiger partial charge in [0.15, 0.2) is 0 Å². The molecular weight excluding hydrogens is 454 g/mol. The summed E-state index contributed by atoms with van der Waals surface area (Å²) >= 11 is 0. The van der Waals surface area contributed by atoms with E-state index in [0.717, 1.165) is 30.2 Å². The minimum atomic E-state index is -0.177. The average molecular weight is 488 g/mol. The van der Waals surface area contributed by atoms with Crippen molar-refractivity contribution in [1.29, 1.82) is 0 Å². The number of rotatable bonds is 8. The van der Waals surface area contributed by atoms with Gasteiger partial charge < -0.3 is 24.6 Å². The summed E-state index contributed by atoms with van der Waals surface area (Å²) < 4.78 is 10.9. The van der Waals surface area contributed by atoms with Gasteiger partial charge in [0.25, 0.3) is 11.8 Å². The van der Waals surface area contributed by atoms with E-state index in [1.54, 1.807) is 43.5 Å². The Hall–Kier alpha value is -4.00. The van der Waals surface area contributed by atoms with Crippen LogP contribution >= 0.6 is 0 Å². The third-order valence-corrected chi connectivity index (χ3v) is 6.07. The zero-order valence-corrected chi connectivity index (χ0v) is 21.1. The number of methoxy groups -OCH3 is 1. The summed E-state index contributed by atoms with van der Waals surface area (Å²) in [4.78, 5) is 29.7. The van der Waals surface area contributed by atoms with Crippen LogP contribution in [0.2, 0.25) is 0 Å². The number of carbonyl (C=O) groups is 2. The molecule has 1 N–H and O–H groups in total. The van der Waals surface area contributed by atoms with Crippen molar-refractivity contribution >= 4 is 23.2 Å². The molecular formula is C29H33N3O4. The fourth-order valence-corrected chi connectivity index (χ4v) is 4.03. The summed E-state index contributed by atoms with van der Waals surface area (Å²) in [5.41, 5.74) is 3.01. The van der Waals surface area contributed by atoms with Gasteiger partial charge in [-0.3, -0.25) is 9.59 Å². The molecule has 7 nitrogen and oxygen atoms in total. The first-order valence-electron chi connectivity index (χ1n) is 12.3. The highest BCUT2D eigenvalue weighted by molar-refractivity contribution is 6.04. The van der Waals surface area contributed by atoms with Gasteiger partial charge in [0.05, 0.1) is 13.7 Å². The highest BCUT2D eigenvalue weighted by atomic mass is 16.5. The van der Waals surface area contributed by atoms with Gasteiger partial charge in [0.1, 0.15) is 11.5 Å². The molecule has 1 aliphatic heterocycles. The molecule has 0 aromatic heterocycles. The lowest BCUT2D eigenvalue weighted by Gasteiger charge is -2.36. The van der Waals surface area contributed by atoms with E-state index in [9.17, 15) is 9.59 Å². The Kier molecular flexibility index (Phi) is 8.10. The monoisotopic (exact) mass is 487 g/mol. The SMILES string of the molecule is COc1ccc(C(=O)N2CCN(c3ccc(NC(=O)c4cccc(OCC(C)C)c4)cc3)CC2)cc1. The quantitative estimate of drug-likeness (QED) is 0.487. The van der Waals surface area contributed by atoms with Crippen molar-refractivity contribution in [3.63, 3.8) is 0 Å². The maximum Gasteiger partial charge on any atom is 0.255 e. The fraction of sp³-hybridized carbons (Fsp3) is 0.310. The topological polar surface area (TPSA) is 71.1 Å². The van der Waals surface area contributed by atoms with E-state index in [1.807, 2.05) is 41.3 Å². The standard InChI is InChI=1S/C29H33N3O4/c1-21(2)20-36-27-6-4-5-23(19-27)28(33)30-24-9-11-25(12-10-24)31-15-17-32(18-16-31)29(34)22-7-13-26(35-3)14-8-22/h4-14,19,21H,15-18,20H2,1-3H3,(H,30,33). The molecule has 0 saturated carbocycles. The Morgan fingerprint density at radius 2 is 1.56 bits per heavy atom. The van der Waals surface area contributed by atoms with Crippen LogP contribution in [0, 0.1) is 5.92 Å². The number of piperazine rings is 1. The van der Waals surface area contributed by atoms with Gasteiger partial charge in [-0.1, -0.05) is 19.9 Å². The molecule has 1 fully saturated rings. The van der Waals surface area contributed by atoms with E-state index in [1.165, 1.54) is 0 Å². The molecule has 3 aromatic rings. The van der Waals surface area contributed by atoms with Crippen molar-refractivity contribution in [2.24, 2.45) is 5.92 Å². The van der Waals surface area contributed by atoms with Gasteiger partial charge in [-0.25, -0.2) is 0 Å². The first-order chi connectivity index (χ1) is 17.4. The summed E-state index contributed by atoms with van der Waals surface area (Å²) in [5, 5.41) is 2.95. The Labute approximate surface area is 212 Å². The maximum absolute atomic E-state index is 12.8. The van der Waals surface area contributed by atoms with Gasteiger partial charge in [-0.05, 0) is 72.6 Å². The predicted molar refractivity (Wildman–Crippen MR) is 142 cm³/mol. The first kappa shape index (κ1) is 25.1. The molecule has 1 saturated heterocycles. The van der Waals surface area contributed by atoms with Crippen molar-refractivity contribution in [1.82, 2.24) is 4.90 Å². The molecule has 0 spiro atoms. The second-order valence-electron chi connectivity index (χ2n) is 9.24. The Morgan fingerprint density at radius 1 is 0.861 bits per heavy atom. The van der Waals surface area contributed by atoms with Gasteiger partial charge in [-0.2, -0.15) is 0 Å². The number of hydrogen-bond acceptors (Lipinski definition) is 5. The van der Waals surface area contributed by atoms with Crippen LogP contribution in [0.5, 0.6) is 11.5 Å². The molecule has 0 bridgehead atoms. The van der Waals surface area contributed by atoms with Crippen LogP contribution in [0.25, 0.3) is 0 Å². The van der Waals surface area contributed by atoms with Crippen LogP contribution in [-0.2, 0) is 0 Å². The maximum atomic E-state index is 12.8. The van der Waals surface area contributed by atoms with Gasteiger partial charge in [0.2, 0.25) is 0 Å². The van der Waals surface area contributed by atoms with Gasteiger partial charge in [0, 0.05) is 48.7 Å². The normalized spacial score (nSPS) is 13.4. The lowest BCUT2D eigenvalue weighted by atomic mass is 10.1. The number of carbonyl (C=O) groups excluding carboxylic acids is 2. The van der Waals surface area contributed by atoms with E-state index in [-0.39, 0.29) is 11.8 Å². The Bertz CT molecular complexity index is 1170. The van der Waals surface area contributed by atoms with E-state index in [0.29, 0.717) is 42.5 Å². The minimum absolute atomic E-state index is 0.0361. The van der Waals surface area contributed by atoms with Gasteiger partial charge in [-0.15, -0.1) is 0 Å². The largest absolute Gasteiger partial charge is 0.497 e. The lowest BCUT2D eigenvalue weighted by molar-refractivity contribution is 0.0746. The van der Waals surface area contributed by atoms with Crippen LogP contribution in [0.4, 0.5) is 11.4 Å². The second kappa shape index (κ2) is 11.6. The van der Waals surface area contributed by atoms with Crippen LogP contribution in [0.3, 0.4) is 0 Å². The zero-order valence-electron chi connectivity index (χ0n) is 21.1. The summed E-state index contributed by atoms with van der Waals surface area (Å²) in [6.07, 6.45) is 0. The smallest absolute Gasteiger partial charge is 0.255 e. The molecule has 0 unspecified atom stereocenters. The molecule has 3 aromatic carbocycles. The molecule has 188 valence electrons. The molecule has 1 aliphatic rings. The number of benzene rings is 3. The summed E-state index contributed by atoms with van der Waals surface area (Å²) in [7, 11) is 1.61. The molecule has 4 rings (SSSR count). The Morgan fingerprint density at radius 3 is 2.19 bits per heavy atom. The second-order valence-corrected chi connectivity index (χ2v) is 9.24. The van der Waals surface area contributed by atoms with Crippen LogP contribution < -0.4 is 19.7 Å². The van der Waals surface area contributed by atoms with Crippen LogP contribution in [0.1, 0.15) is 34.6 Å². The van der Waals surface area contributed by atoms with Crippen molar-refractivity contribution in [2.75, 3.05) is 50.1 Å². The molecule has 0 aliphatic carbocycles. The van der Waals surface area contributed by atoms with E-state index in [2.05, 4.69) is 24.1 Å². The molecule has 0 radical (unpaired) electrons. The number of hydrogen-bond donors (Lipinski definition) is 1. The average Bonchev–Trinajstić information content (AvgIpc) is 2.92. The number of amides is 2. The summed E-state index contributed by atoms with van der Waals surface area (Å²) in [6, 6.07) is 22.2. The minimum Gasteiger partial charge on any atom is -0.497 e. The number of ether oxygens (including phenoxy) is 2. The van der Waals surface area contributed by atoms with E-state index >= 15 is 0 Å². The first-order valence-corrected chi connectivity index (χ1v) is 12.3. The van der Waals surface area contributed by atoms with Crippen molar-refractivity contribution in [3.8, 4) is 11.5 Å². The number of anilines is 2. The van der Waals surface area contributed by atoms with Crippen molar-refractivity contribution in [3.05, 3.63) is 83.9 Å². The van der Waals surface area contributed by atoms with Crippen LogP contribution in [-0.4, -0.2) is 56.6 Å². The van der Waals surface area contributed by atoms with Crippen molar-refractivity contribution < 1.29 is 19.1 Å². The van der Waals surface area contributed by atoms with E-state index in [4.69, 9.17) is 9.47 Å². The molecule has 7 heteroatoms.